The highest BCUT2D eigenvalue weighted by atomic mass is 17.2. The number of benzene rings is 1. The van der Waals surface area contributed by atoms with Gasteiger partial charge in [0.15, 0.2) is 0 Å². The molecule has 1 aliphatic heterocycles. The van der Waals surface area contributed by atoms with E-state index in [1.54, 1.807) is 18.2 Å². The SMILES string of the molecule is O=C(OOC1OC[C@@H](O)[C@@H](O)[C@@H]1O)c1ccccc1. The number of carbonyl (C=O) groups is 1. The fourth-order valence-electron chi connectivity index (χ4n) is 1.58. The third-order valence-corrected chi connectivity index (χ3v) is 2.68. The summed E-state index contributed by atoms with van der Waals surface area (Å²) in [6.07, 6.45) is -5.48. The van der Waals surface area contributed by atoms with Gasteiger partial charge in [-0.25, -0.2) is 4.79 Å². The standard InChI is InChI=1S/C12H14O7/c13-8-6-17-12(10(15)9(8)14)19-18-11(16)7-4-2-1-3-5-7/h1-5,8-10,12-15H,6H2/t8-,9-,10+,12?/m1/s1. The Bertz CT molecular complexity index is 421. The van der Waals surface area contributed by atoms with Crippen LogP contribution in [0.1, 0.15) is 10.4 Å². The topological polar surface area (TPSA) is 105 Å². The minimum absolute atomic E-state index is 0.230. The maximum Gasteiger partial charge on any atom is 0.373 e. The van der Waals surface area contributed by atoms with E-state index in [0.29, 0.717) is 0 Å². The third kappa shape index (κ3) is 3.28. The van der Waals surface area contributed by atoms with E-state index in [1.165, 1.54) is 12.1 Å². The van der Waals surface area contributed by atoms with Crippen LogP contribution in [0.3, 0.4) is 0 Å². The largest absolute Gasteiger partial charge is 0.388 e. The number of aliphatic hydroxyl groups excluding tert-OH is 3. The first-order valence-corrected chi connectivity index (χ1v) is 5.68. The molecule has 19 heavy (non-hydrogen) atoms. The van der Waals surface area contributed by atoms with E-state index in [-0.39, 0.29) is 12.2 Å². The van der Waals surface area contributed by atoms with Crippen molar-refractivity contribution in [1.82, 2.24) is 0 Å². The summed E-state index contributed by atoms with van der Waals surface area (Å²) >= 11 is 0. The van der Waals surface area contributed by atoms with Gasteiger partial charge in [0.1, 0.15) is 18.3 Å². The summed E-state index contributed by atoms with van der Waals surface area (Å²) < 4.78 is 4.90. The molecule has 4 atom stereocenters. The highest BCUT2D eigenvalue weighted by Gasteiger charge is 2.39. The Hall–Kier alpha value is -1.51. The second kappa shape index (κ2) is 6.09. The molecule has 0 amide bonds. The highest BCUT2D eigenvalue weighted by Crippen LogP contribution is 2.17. The normalized spacial score (nSPS) is 30.9. The highest BCUT2D eigenvalue weighted by molar-refractivity contribution is 5.88. The second-order valence-electron chi connectivity index (χ2n) is 4.08. The third-order valence-electron chi connectivity index (χ3n) is 2.68. The zero-order valence-electron chi connectivity index (χ0n) is 9.88. The van der Waals surface area contributed by atoms with E-state index < -0.39 is 30.6 Å². The van der Waals surface area contributed by atoms with Crippen molar-refractivity contribution in [3.63, 3.8) is 0 Å². The summed E-state index contributed by atoms with van der Waals surface area (Å²) in [5, 5.41) is 28.2. The van der Waals surface area contributed by atoms with Crippen LogP contribution in [-0.2, 0) is 14.5 Å². The molecule has 0 bridgehead atoms. The van der Waals surface area contributed by atoms with Crippen molar-refractivity contribution in [1.29, 1.82) is 0 Å². The number of hydrogen-bond donors (Lipinski definition) is 3. The predicted octanol–water partition coefficient (Wildman–Crippen LogP) is -0.786. The maximum atomic E-state index is 11.5. The summed E-state index contributed by atoms with van der Waals surface area (Å²) in [4.78, 5) is 20.7. The number of aliphatic hydroxyl groups is 3. The van der Waals surface area contributed by atoms with E-state index >= 15 is 0 Å². The van der Waals surface area contributed by atoms with Crippen molar-refractivity contribution in [2.24, 2.45) is 0 Å². The van der Waals surface area contributed by atoms with Crippen LogP contribution in [0.4, 0.5) is 0 Å². The first kappa shape index (κ1) is 13.9. The second-order valence-corrected chi connectivity index (χ2v) is 4.08. The van der Waals surface area contributed by atoms with Crippen LogP contribution >= 0.6 is 0 Å². The van der Waals surface area contributed by atoms with Gasteiger partial charge in [-0.2, -0.15) is 0 Å². The van der Waals surface area contributed by atoms with Gasteiger partial charge in [-0.1, -0.05) is 18.2 Å². The lowest BCUT2D eigenvalue weighted by Crippen LogP contribution is -2.53. The Balaban J connectivity index is 1.87. The van der Waals surface area contributed by atoms with Gasteiger partial charge < -0.3 is 20.1 Å². The van der Waals surface area contributed by atoms with E-state index in [0.717, 1.165) is 0 Å². The molecule has 1 aromatic carbocycles. The molecule has 0 radical (unpaired) electrons. The summed E-state index contributed by atoms with van der Waals surface area (Å²) in [6.45, 7) is -0.230. The number of carbonyl (C=O) groups excluding carboxylic acids is 1. The lowest BCUT2D eigenvalue weighted by molar-refractivity contribution is -0.384. The minimum atomic E-state index is -1.51. The molecule has 0 saturated carbocycles. The van der Waals surface area contributed by atoms with E-state index in [2.05, 4.69) is 9.78 Å². The molecule has 1 aliphatic rings. The van der Waals surface area contributed by atoms with Gasteiger partial charge in [0.05, 0.1) is 12.2 Å². The lowest BCUT2D eigenvalue weighted by Gasteiger charge is -2.33. The molecular weight excluding hydrogens is 256 g/mol. The molecule has 1 unspecified atom stereocenters. The van der Waals surface area contributed by atoms with Crippen molar-refractivity contribution in [3.8, 4) is 0 Å². The van der Waals surface area contributed by atoms with Gasteiger partial charge >= 0.3 is 5.97 Å². The Morgan fingerprint density at radius 1 is 1.16 bits per heavy atom. The van der Waals surface area contributed by atoms with E-state index in [4.69, 9.17) is 4.74 Å². The maximum absolute atomic E-state index is 11.5. The number of rotatable bonds is 3. The molecule has 1 saturated heterocycles. The molecule has 1 heterocycles. The quantitative estimate of drug-likeness (QED) is 0.488. The van der Waals surface area contributed by atoms with Gasteiger partial charge in [0.2, 0.25) is 6.29 Å². The molecular formula is C12H14O7. The molecule has 0 aromatic heterocycles. The molecule has 2 rings (SSSR count). The van der Waals surface area contributed by atoms with Crippen molar-refractivity contribution in [2.45, 2.75) is 24.6 Å². The van der Waals surface area contributed by atoms with Crippen molar-refractivity contribution < 1.29 is 34.6 Å². The predicted molar refractivity (Wildman–Crippen MR) is 60.7 cm³/mol. The molecule has 1 fully saturated rings. The summed E-state index contributed by atoms with van der Waals surface area (Å²) in [5.41, 5.74) is 0.272. The molecule has 1 aromatic rings. The number of ether oxygens (including phenoxy) is 1. The zero-order chi connectivity index (χ0) is 13.8. The van der Waals surface area contributed by atoms with Crippen molar-refractivity contribution in [2.75, 3.05) is 6.61 Å². The first-order valence-electron chi connectivity index (χ1n) is 5.68. The average Bonchev–Trinajstić information content (AvgIpc) is 2.45. The molecule has 0 aliphatic carbocycles. The Labute approximate surface area is 108 Å². The van der Waals surface area contributed by atoms with Crippen molar-refractivity contribution in [3.05, 3.63) is 35.9 Å². The van der Waals surface area contributed by atoms with Gasteiger partial charge in [-0.05, 0) is 12.1 Å². The monoisotopic (exact) mass is 270 g/mol. The fraction of sp³-hybridized carbons (Fsp3) is 0.417. The Morgan fingerprint density at radius 2 is 1.84 bits per heavy atom. The van der Waals surface area contributed by atoms with Crippen LogP contribution in [0.2, 0.25) is 0 Å². The van der Waals surface area contributed by atoms with Crippen LogP contribution in [0.25, 0.3) is 0 Å². The van der Waals surface area contributed by atoms with Gasteiger partial charge in [0, 0.05) is 0 Å². The lowest BCUT2D eigenvalue weighted by atomic mass is 10.1. The minimum Gasteiger partial charge on any atom is -0.388 e. The Morgan fingerprint density at radius 3 is 2.53 bits per heavy atom. The number of hydrogen-bond acceptors (Lipinski definition) is 7. The molecule has 0 spiro atoms. The Kier molecular flexibility index (Phi) is 4.46. The fourth-order valence-corrected chi connectivity index (χ4v) is 1.58. The van der Waals surface area contributed by atoms with Crippen LogP contribution in [0, 0.1) is 0 Å². The summed E-state index contributed by atoms with van der Waals surface area (Å²) in [5.74, 6) is -0.753. The summed E-state index contributed by atoms with van der Waals surface area (Å²) in [6, 6.07) is 8.11. The van der Waals surface area contributed by atoms with Crippen LogP contribution in [0.15, 0.2) is 30.3 Å². The van der Waals surface area contributed by atoms with Crippen LogP contribution in [-0.4, -0.2) is 52.5 Å². The van der Waals surface area contributed by atoms with Crippen molar-refractivity contribution >= 4 is 5.97 Å². The van der Waals surface area contributed by atoms with Crippen LogP contribution in [0.5, 0.6) is 0 Å². The average molecular weight is 270 g/mol. The molecule has 104 valence electrons. The molecule has 7 nitrogen and oxygen atoms in total. The zero-order valence-corrected chi connectivity index (χ0v) is 9.88. The van der Waals surface area contributed by atoms with E-state index in [9.17, 15) is 20.1 Å². The van der Waals surface area contributed by atoms with Gasteiger partial charge in [0.25, 0.3) is 0 Å². The van der Waals surface area contributed by atoms with E-state index in [1.807, 2.05) is 0 Å². The molecule has 7 heteroatoms. The molecule has 3 N–H and O–H groups in total. The smallest absolute Gasteiger partial charge is 0.373 e. The van der Waals surface area contributed by atoms with Gasteiger partial charge in [-0.15, -0.1) is 4.89 Å². The van der Waals surface area contributed by atoms with Crippen LogP contribution < -0.4 is 0 Å². The summed E-state index contributed by atoms with van der Waals surface area (Å²) in [7, 11) is 0. The van der Waals surface area contributed by atoms with Gasteiger partial charge in [-0.3, -0.25) is 4.89 Å². The first-order chi connectivity index (χ1) is 9.09.